The minimum atomic E-state index is -0.426. The van der Waals surface area contributed by atoms with Gasteiger partial charge in [0.05, 0.1) is 23.5 Å². The second-order valence-electron chi connectivity index (χ2n) is 8.03. The van der Waals surface area contributed by atoms with Gasteiger partial charge in [-0.25, -0.2) is 9.78 Å². The number of urea groups is 1. The molecule has 1 saturated heterocycles. The van der Waals surface area contributed by atoms with Crippen molar-refractivity contribution in [1.29, 1.82) is 0 Å². The largest absolute Gasteiger partial charge is 0.456 e. The number of aromatic nitrogens is 4. The maximum atomic E-state index is 12.5. The molecule has 5 rings (SSSR count). The summed E-state index contributed by atoms with van der Waals surface area (Å²) < 4.78 is 7.58. The molecular formula is C22H22N6O3. The molecule has 31 heavy (non-hydrogen) atoms. The summed E-state index contributed by atoms with van der Waals surface area (Å²) >= 11 is 0. The standard InChI is InChI=1S/C22H22N6O3/c1-27-14-15(12-25-27)18-11-16(5-9-23-18)31-17-3-4-19(24-13-17)26-21(30)28-10-8-22(20(28)29)6-2-7-22/h3-5,9,11-14H,2,6-8,10H2,1H3,(H,24,26,30). The number of nitrogens with one attached hydrogen (secondary N) is 1. The fourth-order valence-corrected chi connectivity index (χ4v) is 4.10. The van der Waals surface area contributed by atoms with Crippen molar-refractivity contribution in [1.82, 2.24) is 24.6 Å². The van der Waals surface area contributed by atoms with E-state index in [1.54, 1.807) is 35.3 Å². The summed E-state index contributed by atoms with van der Waals surface area (Å²) in [4.78, 5) is 35.0. The van der Waals surface area contributed by atoms with E-state index in [2.05, 4.69) is 20.4 Å². The first-order chi connectivity index (χ1) is 15.0. The Morgan fingerprint density at radius 1 is 1.13 bits per heavy atom. The molecule has 0 unspecified atom stereocenters. The number of anilines is 1. The third-order valence-electron chi connectivity index (χ3n) is 6.01. The number of hydrogen-bond donors (Lipinski definition) is 1. The Kier molecular flexibility index (Phi) is 4.65. The monoisotopic (exact) mass is 418 g/mol. The highest BCUT2D eigenvalue weighted by molar-refractivity contribution is 6.04. The van der Waals surface area contributed by atoms with E-state index in [1.807, 2.05) is 19.3 Å². The highest BCUT2D eigenvalue weighted by atomic mass is 16.5. The van der Waals surface area contributed by atoms with Gasteiger partial charge in [-0.15, -0.1) is 0 Å². The Hall–Kier alpha value is -3.75. The van der Waals surface area contributed by atoms with Gasteiger partial charge in [0, 0.05) is 37.6 Å². The van der Waals surface area contributed by atoms with Gasteiger partial charge in [-0.05, 0) is 37.5 Å². The molecule has 9 nitrogen and oxygen atoms in total. The predicted molar refractivity (Wildman–Crippen MR) is 112 cm³/mol. The second-order valence-corrected chi connectivity index (χ2v) is 8.03. The van der Waals surface area contributed by atoms with Crippen molar-refractivity contribution in [2.45, 2.75) is 25.7 Å². The minimum Gasteiger partial charge on any atom is -0.456 e. The molecule has 2 aliphatic rings. The summed E-state index contributed by atoms with van der Waals surface area (Å²) in [7, 11) is 1.85. The molecule has 0 bridgehead atoms. The molecule has 1 spiro atoms. The Bertz CT molecular complexity index is 1140. The zero-order valence-corrected chi connectivity index (χ0v) is 17.1. The maximum absolute atomic E-state index is 12.5. The van der Waals surface area contributed by atoms with Crippen LogP contribution in [-0.2, 0) is 11.8 Å². The van der Waals surface area contributed by atoms with E-state index in [-0.39, 0.29) is 11.3 Å². The van der Waals surface area contributed by atoms with Crippen LogP contribution in [0.2, 0.25) is 0 Å². The Balaban J connectivity index is 1.23. The number of aryl methyl sites for hydroxylation is 1. The molecule has 3 aromatic rings. The summed E-state index contributed by atoms with van der Waals surface area (Å²) in [6.45, 7) is 0.465. The van der Waals surface area contributed by atoms with Crippen LogP contribution in [0.1, 0.15) is 25.7 Å². The molecule has 0 aromatic carbocycles. The van der Waals surface area contributed by atoms with E-state index in [4.69, 9.17) is 4.74 Å². The van der Waals surface area contributed by atoms with Gasteiger partial charge in [0.25, 0.3) is 0 Å². The zero-order chi connectivity index (χ0) is 21.4. The van der Waals surface area contributed by atoms with Gasteiger partial charge in [0.2, 0.25) is 5.91 Å². The molecule has 1 N–H and O–H groups in total. The van der Waals surface area contributed by atoms with Crippen LogP contribution in [-0.4, -0.2) is 43.1 Å². The SMILES string of the molecule is Cn1cc(-c2cc(Oc3ccc(NC(=O)N4CCC5(CCC5)C4=O)nc3)ccn2)cn1. The van der Waals surface area contributed by atoms with E-state index >= 15 is 0 Å². The first-order valence-electron chi connectivity index (χ1n) is 10.2. The predicted octanol–water partition coefficient (Wildman–Crippen LogP) is 3.60. The Morgan fingerprint density at radius 2 is 2.00 bits per heavy atom. The maximum Gasteiger partial charge on any atom is 0.329 e. The number of likely N-dealkylation sites (tertiary alicyclic amines) is 1. The number of nitrogens with zero attached hydrogens (tertiary/aromatic N) is 5. The lowest BCUT2D eigenvalue weighted by atomic mass is 9.68. The van der Waals surface area contributed by atoms with Gasteiger partial charge in [-0.2, -0.15) is 5.10 Å². The molecule has 3 amide bonds. The summed E-state index contributed by atoms with van der Waals surface area (Å²) in [6, 6.07) is 6.51. The molecule has 2 fully saturated rings. The molecule has 1 aliphatic heterocycles. The summed E-state index contributed by atoms with van der Waals surface area (Å²) in [6.07, 6.45) is 10.4. The number of imide groups is 1. The van der Waals surface area contributed by atoms with Gasteiger partial charge in [-0.3, -0.25) is 24.7 Å². The van der Waals surface area contributed by atoms with E-state index in [0.29, 0.717) is 23.9 Å². The van der Waals surface area contributed by atoms with Crippen molar-refractivity contribution in [2.75, 3.05) is 11.9 Å². The third-order valence-corrected chi connectivity index (χ3v) is 6.01. The number of rotatable bonds is 4. The molecular weight excluding hydrogens is 396 g/mol. The van der Waals surface area contributed by atoms with Crippen molar-refractivity contribution >= 4 is 17.8 Å². The number of pyridine rings is 2. The molecule has 1 saturated carbocycles. The Morgan fingerprint density at radius 3 is 2.65 bits per heavy atom. The van der Waals surface area contributed by atoms with Crippen molar-refractivity contribution < 1.29 is 14.3 Å². The van der Waals surface area contributed by atoms with Crippen molar-refractivity contribution in [3.63, 3.8) is 0 Å². The molecule has 3 aromatic heterocycles. The number of ether oxygens (including phenoxy) is 1. The fourth-order valence-electron chi connectivity index (χ4n) is 4.10. The van der Waals surface area contributed by atoms with E-state index < -0.39 is 6.03 Å². The van der Waals surface area contributed by atoms with E-state index in [9.17, 15) is 9.59 Å². The van der Waals surface area contributed by atoms with Crippen LogP contribution in [0, 0.1) is 5.41 Å². The van der Waals surface area contributed by atoms with E-state index in [0.717, 1.165) is 36.9 Å². The van der Waals surface area contributed by atoms with Crippen LogP contribution in [0.25, 0.3) is 11.3 Å². The highest BCUT2D eigenvalue weighted by Gasteiger charge is 2.52. The molecule has 0 atom stereocenters. The third kappa shape index (κ3) is 3.63. The summed E-state index contributed by atoms with van der Waals surface area (Å²) in [5, 5.41) is 6.86. The normalized spacial score (nSPS) is 16.9. The average Bonchev–Trinajstić information content (AvgIpc) is 3.33. The van der Waals surface area contributed by atoms with Gasteiger partial charge in [0.1, 0.15) is 17.3 Å². The van der Waals surface area contributed by atoms with Gasteiger partial charge in [-0.1, -0.05) is 6.42 Å². The summed E-state index contributed by atoms with van der Waals surface area (Å²) in [5.74, 6) is 1.44. The second kappa shape index (κ2) is 7.50. The van der Waals surface area contributed by atoms with Crippen molar-refractivity contribution in [2.24, 2.45) is 12.5 Å². The van der Waals surface area contributed by atoms with Crippen LogP contribution >= 0.6 is 0 Å². The molecule has 0 radical (unpaired) electrons. The number of amides is 3. The van der Waals surface area contributed by atoms with Gasteiger partial charge < -0.3 is 4.74 Å². The topological polar surface area (TPSA) is 102 Å². The quantitative estimate of drug-likeness (QED) is 0.694. The zero-order valence-electron chi connectivity index (χ0n) is 17.1. The van der Waals surface area contributed by atoms with Gasteiger partial charge >= 0.3 is 6.03 Å². The number of carbonyl (C=O) groups excluding carboxylic acids is 2. The van der Waals surface area contributed by atoms with Crippen LogP contribution in [0.3, 0.4) is 0 Å². The molecule has 1 aliphatic carbocycles. The van der Waals surface area contributed by atoms with Crippen LogP contribution in [0.5, 0.6) is 11.5 Å². The number of carbonyl (C=O) groups is 2. The van der Waals surface area contributed by atoms with Crippen molar-refractivity contribution in [3.8, 4) is 22.8 Å². The molecule has 158 valence electrons. The lowest BCUT2D eigenvalue weighted by Crippen LogP contribution is -2.43. The average molecular weight is 418 g/mol. The van der Waals surface area contributed by atoms with Gasteiger partial charge in [0.15, 0.2) is 0 Å². The number of hydrogen-bond acceptors (Lipinski definition) is 6. The lowest BCUT2D eigenvalue weighted by Gasteiger charge is -2.35. The summed E-state index contributed by atoms with van der Waals surface area (Å²) in [5.41, 5.74) is 1.35. The smallest absolute Gasteiger partial charge is 0.329 e. The van der Waals surface area contributed by atoms with Crippen LogP contribution in [0.15, 0.2) is 49.1 Å². The van der Waals surface area contributed by atoms with Crippen LogP contribution in [0.4, 0.5) is 10.6 Å². The van der Waals surface area contributed by atoms with E-state index in [1.165, 1.54) is 11.1 Å². The van der Waals surface area contributed by atoms with Crippen LogP contribution < -0.4 is 10.1 Å². The Labute approximate surface area is 179 Å². The first-order valence-corrected chi connectivity index (χ1v) is 10.2. The minimum absolute atomic E-state index is 0.0571. The fraction of sp³-hybridized carbons (Fsp3) is 0.318. The first kappa shape index (κ1) is 19.2. The highest BCUT2D eigenvalue weighted by Crippen LogP contribution is 2.49. The molecule has 9 heteroatoms. The van der Waals surface area contributed by atoms with Crippen molar-refractivity contribution in [3.05, 3.63) is 49.1 Å². The lowest BCUT2D eigenvalue weighted by molar-refractivity contribution is -0.137. The molecule has 4 heterocycles.